The Balaban J connectivity index is 0.00000267. The number of carboxylic acids is 1. The van der Waals surface area contributed by atoms with Gasteiger partial charge >= 0.3 is 29.0 Å². The minimum Gasteiger partial charge on any atom is -1.00 e. The maximum atomic E-state index is 13.2. The summed E-state index contributed by atoms with van der Waals surface area (Å²) < 4.78 is 30.8. The number of benzene rings is 3. The standard InChI is InChI=1S/C33H31ClFN3O7.Mg.2H/c1-43-28-18-23-25(19-29(28)44-16-4-2-3-5-30(39)40)36-15-12-26(23)45-27-11-10-22(17-24(27)34)38-32(42)33(13-14-33)31(41)37-21-8-6-20(35)7-9-21;;;/h6-12,15,17-19H,2-5,13-14,16H2,1H3,(H,37,41)(H,38,42)(H,39,40);;;/q;+2;2*-1. The molecule has 5 rings (SSSR count). The monoisotopic (exact) mass is 661 g/mol. The number of carbonyl (C=O) groups excluding carboxylic acids is 2. The van der Waals surface area contributed by atoms with Gasteiger partial charge in [-0.1, -0.05) is 11.6 Å². The van der Waals surface area contributed by atoms with E-state index in [0.29, 0.717) is 77.6 Å². The Hall–Kier alpha value is -4.13. The van der Waals surface area contributed by atoms with Crippen LogP contribution in [0.1, 0.15) is 41.4 Å². The molecule has 46 heavy (non-hydrogen) atoms. The first-order chi connectivity index (χ1) is 21.7. The topological polar surface area (TPSA) is 136 Å². The summed E-state index contributed by atoms with van der Waals surface area (Å²) in [5.74, 6) is -0.373. The second-order valence-corrected chi connectivity index (χ2v) is 11.0. The summed E-state index contributed by atoms with van der Waals surface area (Å²) in [5, 5.41) is 15.1. The zero-order chi connectivity index (χ0) is 32.0. The number of ether oxygens (including phenoxy) is 3. The van der Waals surface area contributed by atoms with Crippen molar-refractivity contribution in [2.75, 3.05) is 24.4 Å². The van der Waals surface area contributed by atoms with Gasteiger partial charge in [0.1, 0.15) is 22.7 Å². The molecular weight excluding hydrogens is 629 g/mol. The summed E-state index contributed by atoms with van der Waals surface area (Å²) in [6.45, 7) is 0.399. The largest absolute Gasteiger partial charge is 2.00 e. The van der Waals surface area contributed by atoms with Crippen molar-refractivity contribution in [3.63, 3.8) is 0 Å². The molecule has 0 radical (unpaired) electrons. The van der Waals surface area contributed by atoms with Crippen molar-refractivity contribution in [1.82, 2.24) is 4.98 Å². The van der Waals surface area contributed by atoms with Gasteiger partial charge in [0.25, 0.3) is 0 Å². The average Bonchev–Trinajstić information content (AvgIpc) is 3.83. The average molecular weight is 662 g/mol. The number of anilines is 2. The summed E-state index contributed by atoms with van der Waals surface area (Å²) in [6, 6.07) is 15.3. The molecule has 2 amide bonds. The normalized spacial score (nSPS) is 12.8. The Bertz CT molecular complexity index is 1750. The van der Waals surface area contributed by atoms with E-state index in [1.54, 1.807) is 36.5 Å². The molecule has 1 aliphatic carbocycles. The Morgan fingerprint density at radius 3 is 2.26 bits per heavy atom. The molecule has 1 aliphatic rings. The molecule has 0 unspecified atom stereocenters. The molecule has 0 spiro atoms. The second kappa shape index (κ2) is 15.4. The van der Waals surface area contributed by atoms with Gasteiger partial charge in [0.15, 0.2) is 11.5 Å². The van der Waals surface area contributed by atoms with E-state index in [1.165, 1.54) is 37.4 Å². The number of pyridine rings is 1. The molecule has 1 aromatic heterocycles. The van der Waals surface area contributed by atoms with E-state index in [-0.39, 0.29) is 37.3 Å². The van der Waals surface area contributed by atoms with Gasteiger partial charge in [0.2, 0.25) is 11.8 Å². The smallest absolute Gasteiger partial charge is 1.00 e. The van der Waals surface area contributed by atoms with Gasteiger partial charge in [-0.25, -0.2) is 4.39 Å². The number of carboxylic acid groups (broad SMARTS) is 1. The first kappa shape index (κ1) is 34.7. The molecular formula is C33H33ClFMgN3O7. The zero-order valence-corrected chi connectivity index (χ0v) is 27.3. The molecule has 10 nitrogen and oxygen atoms in total. The van der Waals surface area contributed by atoms with Gasteiger partial charge in [-0.15, -0.1) is 0 Å². The molecule has 0 aliphatic heterocycles. The number of halogens is 2. The molecule has 1 heterocycles. The predicted molar refractivity (Wildman–Crippen MR) is 175 cm³/mol. The third-order valence-electron chi connectivity index (χ3n) is 7.41. The summed E-state index contributed by atoms with van der Waals surface area (Å²) in [7, 11) is 1.53. The number of nitrogens with zero attached hydrogens (tertiary/aromatic N) is 1. The fourth-order valence-electron chi connectivity index (χ4n) is 4.72. The van der Waals surface area contributed by atoms with Crippen molar-refractivity contribution in [2.24, 2.45) is 5.41 Å². The number of aromatic nitrogens is 1. The fourth-order valence-corrected chi connectivity index (χ4v) is 4.94. The fraction of sp³-hybridized carbons (Fsp3) is 0.273. The number of unbranched alkanes of at least 4 members (excludes halogenated alkanes) is 2. The van der Waals surface area contributed by atoms with Crippen LogP contribution < -0.4 is 24.8 Å². The minimum absolute atomic E-state index is 0. The quantitative estimate of drug-likeness (QED) is 0.0743. The van der Waals surface area contributed by atoms with E-state index in [2.05, 4.69) is 15.6 Å². The van der Waals surface area contributed by atoms with E-state index in [9.17, 15) is 18.8 Å². The van der Waals surface area contributed by atoms with Crippen LogP contribution in [-0.4, -0.2) is 64.6 Å². The third-order valence-corrected chi connectivity index (χ3v) is 7.71. The van der Waals surface area contributed by atoms with Crippen molar-refractivity contribution >= 4 is 74.7 Å². The first-order valence-electron chi connectivity index (χ1n) is 14.4. The van der Waals surface area contributed by atoms with Gasteiger partial charge in [-0.2, -0.15) is 0 Å². The van der Waals surface area contributed by atoms with E-state index in [4.69, 9.17) is 30.9 Å². The summed E-state index contributed by atoms with van der Waals surface area (Å²) >= 11 is 6.54. The van der Waals surface area contributed by atoms with Crippen LogP contribution in [0, 0.1) is 11.2 Å². The number of carbonyl (C=O) groups is 3. The maximum Gasteiger partial charge on any atom is 2.00 e. The predicted octanol–water partition coefficient (Wildman–Crippen LogP) is 7.05. The van der Waals surface area contributed by atoms with Crippen LogP contribution in [0.15, 0.2) is 66.9 Å². The number of hydrogen-bond acceptors (Lipinski definition) is 7. The first-order valence-corrected chi connectivity index (χ1v) is 14.7. The molecule has 1 fully saturated rings. The van der Waals surface area contributed by atoms with Gasteiger partial charge in [0.05, 0.1) is 24.3 Å². The van der Waals surface area contributed by atoms with Crippen LogP contribution in [-0.2, 0) is 14.4 Å². The number of amides is 2. The number of hydrogen-bond donors (Lipinski definition) is 3. The minimum atomic E-state index is -1.21. The Morgan fingerprint density at radius 2 is 1.61 bits per heavy atom. The van der Waals surface area contributed by atoms with E-state index in [1.807, 2.05) is 0 Å². The van der Waals surface area contributed by atoms with Crippen LogP contribution in [0.25, 0.3) is 10.9 Å². The number of fused-ring (bicyclic) bond motifs is 1. The van der Waals surface area contributed by atoms with E-state index in [0.717, 1.165) is 6.42 Å². The molecule has 4 aromatic rings. The summed E-state index contributed by atoms with van der Waals surface area (Å²) in [4.78, 5) is 41.1. The third kappa shape index (κ3) is 8.36. The van der Waals surface area contributed by atoms with Gasteiger partial charge in [0, 0.05) is 35.4 Å². The number of aliphatic carboxylic acids is 1. The van der Waals surface area contributed by atoms with E-state index < -0.39 is 29.0 Å². The van der Waals surface area contributed by atoms with Crippen LogP contribution in [0.3, 0.4) is 0 Å². The summed E-state index contributed by atoms with van der Waals surface area (Å²) in [6.07, 6.45) is 4.51. The molecule has 238 valence electrons. The van der Waals surface area contributed by atoms with Crippen LogP contribution in [0.4, 0.5) is 15.8 Å². The summed E-state index contributed by atoms with van der Waals surface area (Å²) in [5.41, 5.74) is 0.181. The molecule has 0 bridgehead atoms. The van der Waals surface area contributed by atoms with Crippen molar-refractivity contribution in [3.05, 3.63) is 77.7 Å². The van der Waals surface area contributed by atoms with Crippen LogP contribution in [0.2, 0.25) is 5.02 Å². The zero-order valence-electron chi connectivity index (χ0n) is 27.1. The van der Waals surface area contributed by atoms with Crippen molar-refractivity contribution < 1.29 is 40.9 Å². The molecule has 3 N–H and O–H groups in total. The molecule has 1 saturated carbocycles. The Kier molecular flexibility index (Phi) is 11.7. The van der Waals surface area contributed by atoms with Crippen molar-refractivity contribution in [3.8, 4) is 23.0 Å². The molecule has 0 atom stereocenters. The van der Waals surface area contributed by atoms with Crippen LogP contribution >= 0.6 is 11.6 Å². The SMILES string of the molecule is COc1cc2c(Oc3ccc(NC(=O)C4(C(=O)Nc5ccc(F)cc5)CC4)cc3Cl)ccnc2cc1OCCCCCC(=O)O.[H-].[H-].[Mg+2]. The van der Waals surface area contributed by atoms with Crippen LogP contribution in [0.5, 0.6) is 23.0 Å². The molecule has 3 aromatic carbocycles. The molecule has 0 saturated heterocycles. The van der Waals surface area contributed by atoms with Gasteiger partial charge in [-0.3, -0.25) is 19.4 Å². The second-order valence-electron chi connectivity index (χ2n) is 10.6. The van der Waals surface area contributed by atoms with Crippen molar-refractivity contribution in [2.45, 2.75) is 38.5 Å². The Morgan fingerprint density at radius 1 is 0.913 bits per heavy atom. The number of rotatable bonds is 14. The van der Waals surface area contributed by atoms with Crippen molar-refractivity contribution in [1.29, 1.82) is 0 Å². The van der Waals surface area contributed by atoms with Gasteiger partial charge in [-0.05, 0) is 86.7 Å². The number of nitrogens with one attached hydrogen (secondary N) is 2. The maximum absolute atomic E-state index is 13.2. The van der Waals surface area contributed by atoms with E-state index >= 15 is 0 Å². The Labute approximate surface area is 288 Å². The molecule has 13 heteroatoms. The number of methoxy groups -OCH3 is 1. The van der Waals surface area contributed by atoms with Gasteiger partial charge < -0.3 is 32.8 Å².